The van der Waals surface area contributed by atoms with Gasteiger partial charge in [0.05, 0.1) is 11.6 Å². The molecule has 2 rings (SSSR count). The van der Waals surface area contributed by atoms with Gasteiger partial charge in [0, 0.05) is 25.7 Å². The van der Waals surface area contributed by atoms with Crippen molar-refractivity contribution in [2.45, 2.75) is 25.2 Å². The molecule has 1 saturated heterocycles. The summed E-state index contributed by atoms with van der Waals surface area (Å²) < 4.78 is 37.7. The van der Waals surface area contributed by atoms with Crippen LogP contribution in [0.4, 0.5) is 13.2 Å². The number of benzene rings is 1. The molecule has 0 amide bonds. The SMILES string of the molecule is CC1CN(C(C#N)c2ccc(C(F)(F)F)cc2)CCN1C. The third-order valence-corrected chi connectivity index (χ3v) is 4.03. The van der Waals surface area contributed by atoms with E-state index in [2.05, 4.69) is 17.9 Å². The van der Waals surface area contributed by atoms with Crippen molar-refractivity contribution in [1.82, 2.24) is 9.80 Å². The topological polar surface area (TPSA) is 30.3 Å². The first-order valence-electron chi connectivity index (χ1n) is 6.84. The molecule has 1 aromatic carbocycles. The number of likely N-dealkylation sites (N-methyl/N-ethyl adjacent to an activating group) is 1. The molecule has 114 valence electrons. The van der Waals surface area contributed by atoms with Crippen LogP contribution in [0, 0.1) is 11.3 Å². The second-order valence-electron chi connectivity index (χ2n) is 5.48. The molecule has 6 heteroatoms. The van der Waals surface area contributed by atoms with Crippen LogP contribution in [-0.2, 0) is 6.18 Å². The van der Waals surface area contributed by atoms with Crippen molar-refractivity contribution in [3.63, 3.8) is 0 Å². The standard InChI is InChI=1S/C15H18F3N3/c1-11-10-21(8-7-20(11)2)14(9-19)12-3-5-13(6-4-12)15(16,17)18/h3-6,11,14H,7-8,10H2,1-2H3. The summed E-state index contributed by atoms with van der Waals surface area (Å²) in [6.07, 6.45) is -4.34. The molecule has 0 N–H and O–H groups in total. The molecule has 1 aliphatic heterocycles. The number of hydrogen-bond acceptors (Lipinski definition) is 3. The number of rotatable bonds is 2. The Morgan fingerprint density at radius 3 is 2.33 bits per heavy atom. The van der Waals surface area contributed by atoms with Gasteiger partial charge in [0.25, 0.3) is 0 Å². The molecule has 21 heavy (non-hydrogen) atoms. The van der Waals surface area contributed by atoms with E-state index >= 15 is 0 Å². The van der Waals surface area contributed by atoms with Crippen molar-refractivity contribution in [2.24, 2.45) is 0 Å². The molecule has 2 unspecified atom stereocenters. The van der Waals surface area contributed by atoms with Crippen molar-refractivity contribution >= 4 is 0 Å². The fourth-order valence-corrected chi connectivity index (χ4v) is 2.53. The van der Waals surface area contributed by atoms with Gasteiger partial charge < -0.3 is 4.90 Å². The van der Waals surface area contributed by atoms with E-state index in [4.69, 9.17) is 0 Å². The van der Waals surface area contributed by atoms with Crippen LogP contribution in [-0.4, -0.2) is 42.5 Å². The van der Waals surface area contributed by atoms with Crippen molar-refractivity contribution in [2.75, 3.05) is 26.7 Å². The summed E-state index contributed by atoms with van der Waals surface area (Å²) in [5, 5.41) is 9.39. The highest BCUT2D eigenvalue weighted by atomic mass is 19.4. The highest BCUT2D eigenvalue weighted by Gasteiger charge is 2.31. The molecule has 0 spiro atoms. The van der Waals surface area contributed by atoms with Crippen LogP contribution >= 0.6 is 0 Å². The van der Waals surface area contributed by atoms with Crippen LogP contribution in [0.5, 0.6) is 0 Å². The number of nitrogens with zero attached hydrogens (tertiary/aromatic N) is 3. The lowest BCUT2D eigenvalue weighted by Gasteiger charge is -2.39. The van der Waals surface area contributed by atoms with E-state index in [0.29, 0.717) is 11.6 Å². The molecule has 1 aliphatic rings. The average molecular weight is 297 g/mol. The van der Waals surface area contributed by atoms with Gasteiger partial charge in [-0.15, -0.1) is 0 Å². The normalized spacial score (nSPS) is 22.8. The maximum absolute atomic E-state index is 12.6. The monoisotopic (exact) mass is 297 g/mol. The Kier molecular flexibility index (Phi) is 4.55. The number of hydrogen-bond donors (Lipinski definition) is 0. The fraction of sp³-hybridized carbons (Fsp3) is 0.533. The van der Waals surface area contributed by atoms with Crippen molar-refractivity contribution in [3.8, 4) is 6.07 Å². The largest absolute Gasteiger partial charge is 0.416 e. The molecular weight excluding hydrogens is 279 g/mol. The maximum Gasteiger partial charge on any atom is 0.416 e. The maximum atomic E-state index is 12.6. The number of halogens is 3. The molecule has 1 heterocycles. The molecule has 0 radical (unpaired) electrons. The van der Waals surface area contributed by atoms with E-state index in [1.165, 1.54) is 12.1 Å². The zero-order valence-electron chi connectivity index (χ0n) is 12.1. The zero-order chi connectivity index (χ0) is 15.6. The van der Waals surface area contributed by atoms with E-state index in [1.807, 2.05) is 11.9 Å². The fourth-order valence-electron chi connectivity index (χ4n) is 2.53. The van der Waals surface area contributed by atoms with Crippen LogP contribution in [0.1, 0.15) is 24.1 Å². The van der Waals surface area contributed by atoms with Crippen LogP contribution in [0.15, 0.2) is 24.3 Å². The van der Waals surface area contributed by atoms with Crippen LogP contribution < -0.4 is 0 Å². The summed E-state index contributed by atoms with van der Waals surface area (Å²) in [7, 11) is 2.03. The summed E-state index contributed by atoms with van der Waals surface area (Å²) in [5.41, 5.74) is -0.0723. The third-order valence-electron chi connectivity index (χ3n) is 4.03. The number of nitriles is 1. The van der Waals surface area contributed by atoms with Gasteiger partial charge in [0.1, 0.15) is 6.04 Å². The molecule has 0 saturated carbocycles. The number of alkyl halides is 3. The zero-order valence-corrected chi connectivity index (χ0v) is 12.1. The summed E-state index contributed by atoms with van der Waals surface area (Å²) in [6, 6.07) is 6.92. The minimum Gasteiger partial charge on any atom is -0.301 e. The Labute approximate surface area is 122 Å². The molecular formula is C15H18F3N3. The second kappa shape index (κ2) is 6.04. The molecule has 3 nitrogen and oxygen atoms in total. The molecule has 1 aromatic rings. The van der Waals surface area contributed by atoms with E-state index in [1.54, 1.807) is 0 Å². The smallest absolute Gasteiger partial charge is 0.301 e. The Hall–Kier alpha value is -1.58. The first-order chi connectivity index (χ1) is 9.82. The Bertz CT molecular complexity index is 518. The highest BCUT2D eigenvalue weighted by molar-refractivity contribution is 5.30. The van der Waals surface area contributed by atoms with Crippen LogP contribution in [0.2, 0.25) is 0 Å². The van der Waals surface area contributed by atoms with E-state index < -0.39 is 17.8 Å². The summed E-state index contributed by atoms with van der Waals surface area (Å²) in [6.45, 7) is 4.39. The van der Waals surface area contributed by atoms with Gasteiger partial charge in [0.2, 0.25) is 0 Å². The molecule has 2 atom stereocenters. The first-order valence-corrected chi connectivity index (χ1v) is 6.84. The van der Waals surface area contributed by atoms with Crippen molar-refractivity contribution in [1.29, 1.82) is 5.26 Å². The summed E-state index contributed by atoms with van der Waals surface area (Å²) >= 11 is 0. The number of piperazine rings is 1. The Morgan fingerprint density at radius 2 is 1.86 bits per heavy atom. The van der Waals surface area contributed by atoms with Crippen LogP contribution in [0.25, 0.3) is 0 Å². The van der Waals surface area contributed by atoms with E-state index in [-0.39, 0.29) is 0 Å². The Morgan fingerprint density at radius 1 is 1.24 bits per heavy atom. The van der Waals surface area contributed by atoms with Gasteiger partial charge in [-0.2, -0.15) is 18.4 Å². The van der Waals surface area contributed by atoms with E-state index in [0.717, 1.165) is 31.8 Å². The first kappa shape index (κ1) is 15.8. The molecule has 1 fully saturated rings. The lowest BCUT2D eigenvalue weighted by Crippen LogP contribution is -2.50. The third kappa shape index (κ3) is 3.55. The Balaban J connectivity index is 2.17. The molecule has 0 aromatic heterocycles. The average Bonchev–Trinajstić information content (AvgIpc) is 2.43. The van der Waals surface area contributed by atoms with Crippen molar-refractivity contribution in [3.05, 3.63) is 35.4 Å². The highest BCUT2D eigenvalue weighted by Crippen LogP contribution is 2.31. The molecule has 0 bridgehead atoms. The van der Waals surface area contributed by atoms with E-state index in [9.17, 15) is 18.4 Å². The lowest BCUT2D eigenvalue weighted by molar-refractivity contribution is -0.137. The van der Waals surface area contributed by atoms with Crippen molar-refractivity contribution < 1.29 is 13.2 Å². The molecule has 0 aliphatic carbocycles. The minimum absolute atomic E-state index is 0.323. The summed E-state index contributed by atoms with van der Waals surface area (Å²) in [4.78, 5) is 4.23. The predicted octanol–water partition coefficient (Wildman–Crippen LogP) is 2.91. The van der Waals surface area contributed by atoms with Gasteiger partial charge in [-0.25, -0.2) is 0 Å². The minimum atomic E-state index is -4.34. The van der Waals surface area contributed by atoms with Gasteiger partial charge in [-0.3, -0.25) is 4.90 Å². The van der Waals surface area contributed by atoms with Gasteiger partial charge in [0.15, 0.2) is 0 Å². The van der Waals surface area contributed by atoms with Crippen LogP contribution in [0.3, 0.4) is 0 Å². The lowest BCUT2D eigenvalue weighted by atomic mass is 10.0. The quantitative estimate of drug-likeness (QED) is 0.841. The van der Waals surface area contributed by atoms with Gasteiger partial charge in [-0.05, 0) is 31.7 Å². The second-order valence-corrected chi connectivity index (χ2v) is 5.48. The van der Waals surface area contributed by atoms with Gasteiger partial charge in [-0.1, -0.05) is 12.1 Å². The van der Waals surface area contributed by atoms with Gasteiger partial charge >= 0.3 is 6.18 Å². The predicted molar refractivity (Wildman–Crippen MR) is 73.5 cm³/mol. The summed E-state index contributed by atoms with van der Waals surface area (Å²) in [5.74, 6) is 0.